The number of alkyl halides is 3. The average molecular weight is 414 g/mol. The van der Waals surface area contributed by atoms with Crippen LogP contribution in [0.25, 0.3) is 5.69 Å². The Morgan fingerprint density at radius 1 is 1.00 bits per heavy atom. The van der Waals surface area contributed by atoms with Crippen LogP contribution in [0.2, 0.25) is 5.02 Å². The highest BCUT2D eigenvalue weighted by Gasteiger charge is 2.33. The number of H-pyrrole nitrogens is 1. The summed E-state index contributed by atoms with van der Waals surface area (Å²) < 4.78 is 45.2. The molecule has 11 heteroatoms. The summed E-state index contributed by atoms with van der Waals surface area (Å²) in [5.41, 5.74) is -3.58. The van der Waals surface area contributed by atoms with E-state index in [0.717, 1.165) is 18.2 Å². The molecule has 0 amide bonds. The molecule has 3 rings (SSSR count). The first kappa shape index (κ1) is 19.5. The number of ether oxygens (including phenoxy) is 1. The van der Waals surface area contributed by atoms with Gasteiger partial charge in [-0.3, -0.25) is 4.98 Å². The molecule has 2 aromatic carbocycles. The van der Waals surface area contributed by atoms with Crippen molar-refractivity contribution in [1.82, 2.24) is 14.1 Å². The largest absolute Gasteiger partial charge is 0.457 e. The highest BCUT2D eigenvalue weighted by molar-refractivity contribution is 6.31. The molecule has 3 aromatic rings. The first-order chi connectivity index (χ1) is 13.1. The van der Waals surface area contributed by atoms with Gasteiger partial charge in [0.15, 0.2) is 0 Å². The predicted octanol–water partition coefficient (Wildman–Crippen LogP) is 2.69. The van der Waals surface area contributed by atoms with Crippen LogP contribution in [0.1, 0.15) is 5.56 Å². The van der Waals surface area contributed by atoms with E-state index in [4.69, 9.17) is 16.3 Å². The van der Waals surface area contributed by atoms with E-state index in [-0.39, 0.29) is 17.2 Å². The molecule has 7 nitrogen and oxygen atoms in total. The fourth-order valence-electron chi connectivity index (χ4n) is 2.39. The first-order valence-corrected chi connectivity index (χ1v) is 8.03. The molecule has 0 spiro atoms. The Morgan fingerprint density at radius 2 is 1.68 bits per heavy atom. The third kappa shape index (κ3) is 3.72. The summed E-state index contributed by atoms with van der Waals surface area (Å²) >= 11 is 5.66. The minimum absolute atomic E-state index is 0.0249. The Bertz CT molecular complexity index is 1230. The number of halogens is 4. The molecule has 146 valence electrons. The van der Waals surface area contributed by atoms with Crippen LogP contribution in [0.15, 0.2) is 56.8 Å². The van der Waals surface area contributed by atoms with Crippen molar-refractivity contribution in [2.75, 3.05) is 0 Å². The van der Waals surface area contributed by atoms with Gasteiger partial charge in [-0.25, -0.2) is 23.5 Å². The van der Waals surface area contributed by atoms with Gasteiger partial charge in [-0.1, -0.05) is 17.7 Å². The molecular formula is C17H11ClF3N3O4. The van der Waals surface area contributed by atoms with E-state index in [1.165, 1.54) is 31.3 Å². The van der Waals surface area contributed by atoms with Gasteiger partial charge in [0, 0.05) is 19.2 Å². The molecule has 0 saturated heterocycles. The molecule has 28 heavy (non-hydrogen) atoms. The maximum atomic E-state index is 12.8. The molecule has 0 bridgehead atoms. The first-order valence-electron chi connectivity index (χ1n) is 7.65. The van der Waals surface area contributed by atoms with Gasteiger partial charge < -0.3 is 4.74 Å². The zero-order valence-corrected chi connectivity index (χ0v) is 14.8. The zero-order valence-electron chi connectivity index (χ0n) is 14.1. The van der Waals surface area contributed by atoms with Gasteiger partial charge in [0.25, 0.3) is 0 Å². The molecule has 0 unspecified atom stereocenters. The van der Waals surface area contributed by atoms with Crippen LogP contribution in [0.4, 0.5) is 13.2 Å². The van der Waals surface area contributed by atoms with Gasteiger partial charge in [0.1, 0.15) is 11.5 Å². The van der Waals surface area contributed by atoms with Gasteiger partial charge >= 0.3 is 23.2 Å². The summed E-state index contributed by atoms with van der Waals surface area (Å²) in [6.07, 6.45) is -4.60. The van der Waals surface area contributed by atoms with Crippen LogP contribution >= 0.6 is 11.6 Å². The molecule has 0 aliphatic carbocycles. The number of hydrogen-bond donors (Lipinski definition) is 1. The van der Waals surface area contributed by atoms with Gasteiger partial charge in [-0.2, -0.15) is 13.2 Å². The Morgan fingerprint density at radius 3 is 2.32 bits per heavy atom. The minimum Gasteiger partial charge on any atom is -0.457 e. The maximum Gasteiger partial charge on any atom is 0.417 e. The summed E-state index contributed by atoms with van der Waals surface area (Å²) in [6.45, 7) is 0. The Labute approximate surface area is 159 Å². The summed E-state index contributed by atoms with van der Waals surface area (Å²) in [5, 5.41) is -0.535. The third-order valence-electron chi connectivity index (χ3n) is 3.76. The number of nitrogens with zero attached hydrogens (tertiary/aromatic N) is 2. The Kier molecular flexibility index (Phi) is 4.90. The van der Waals surface area contributed by atoms with Gasteiger partial charge in [-0.15, -0.1) is 0 Å². The van der Waals surface area contributed by atoms with Crippen molar-refractivity contribution in [3.8, 4) is 17.2 Å². The topological polar surface area (TPSA) is 86.1 Å². The third-order valence-corrected chi connectivity index (χ3v) is 4.07. The van der Waals surface area contributed by atoms with Crippen molar-refractivity contribution in [3.05, 3.63) is 84.5 Å². The second-order valence-electron chi connectivity index (χ2n) is 5.65. The van der Waals surface area contributed by atoms with Crippen LogP contribution in [-0.4, -0.2) is 14.1 Å². The van der Waals surface area contributed by atoms with E-state index in [1.807, 2.05) is 4.98 Å². The molecule has 0 aliphatic rings. The molecule has 0 radical (unpaired) electrons. The van der Waals surface area contributed by atoms with Crippen molar-refractivity contribution in [3.63, 3.8) is 0 Å². The molecule has 0 fully saturated rings. The van der Waals surface area contributed by atoms with Crippen molar-refractivity contribution in [2.24, 2.45) is 7.05 Å². The second kappa shape index (κ2) is 7.04. The fourth-order valence-corrected chi connectivity index (χ4v) is 2.67. The van der Waals surface area contributed by atoms with Crippen LogP contribution in [0.5, 0.6) is 11.5 Å². The number of aromatic amines is 1. The van der Waals surface area contributed by atoms with Crippen molar-refractivity contribution in [2.45, 2.75) is 6.18 Å². The van der Waals surface area contributed by atoms with Crippen LogP contribution < -0.4 is 21.8 Å². The molecule has 0 atom stereocenters. The zero-order chi connectivity index (χ0) is 20.6. The van der Waals surface area contributed by atoms with Crippen molar-refractivity contribution in [1.29, 1.82) is 0 Å². The van der Waals surface area contributed by atoms with E-state index in [1.54, 1.807) is 0 Å². The lowest BCUT2D eigenvalue weighted by Crippen LogP contribution is -2.47. The van der Waals surface area contributed by atoms with E-state index in [0.29, 0.717) is 9.13 Å². The van der Waals surface area contributed by atoms with Crippen LogP contribution in [0, 0.1) is 0 Å². The molecular weight excluding hydrogens is 403 g/mol. The highest BCUT2D eigenvalue weighted by atomic mass is 35.5. The van der Waals surface area contributed by atoms with E-state index in [9.17, 15) is 27.6 Å². The summed E-state index contributed by atoms with van der Waals surface area (Å²) in [6, 6.07) is 8.54. The average Bonchev–Trinajstić information content (AvgIpc) is 2.59. The van der Waals surface area contributed by atoms with Gasteiger partial charge in [0.05, 0.1) is 16.3 Å². The number of nitrogens with one attached hydrogen (secondary N) is 1. The number of benzene rings is 2. The minimum atomic E-state index is -4.60. The van der Waals surface area contributed by atoms with Crippen molar-refractivity contribution >= 4 is 11.6 Å². The van der Waals surface area contributed by atoms with E-state index >= 15 is 0 Å². The van der Waals surface area contributed by atoms with Crippen LogP contribution in [-0.2, 0) is 13.2 Å². The Hall–Kier alpha value is -3.27. The predicted molar refractivity (Wildman–Crippen MR) is 94.4 cm³/mol. The molecule has 1 N–H and O–H groups in total. The normalized spacial score (nSPS) is 11.5. The molecule has 0 aliphatic heterocycles. The van der Waals surface area contributed by atoms with Crippen LogP contribution in [0.3, 0.4) is 0 Å². The molecule has 1 aromatic heterocycles. The lowest BCUT2D eigenvalue weighted by molar-refractivity contribution is -0.137. The summed E-state index contributed by atoms with van der Waals surface area (Å²) in [7, 11) is 1.20. The second-order valence-corrected chi connectivity index (χ2v) is 6.06. The van der Waals surface area contributed by atoms with Crippen molar-refractivity contribution < 1.29 is 17.9 Å². The molecule has 0 saturated carbocycles. The van der Waals surface area contributed by atoms with Gasteiger partial charge in [-0.05, 0) is 24.3 Å². The summed E-state index contributed by atoms with van der Waals surface area (Å²) in [5.74, 6) is 0.158. The standard InChI is InChI=1S/C17H11ClF3N3O4/c1-23-14(25)22-15(26)24(16(23)27)9-3-2-4-10(7-9)28-11-5-6-12(13(18)8-11)17(19,20)21/h2-8H,1H3,(H,22,25,26). The highest BCUT2D eigenvalue weighted by Crippen LogP contribution is 2.37. The monoisotopic (exact) mass is 413 g/mol. The quantitative estimate of drug-likeness (QED) is 0.715. The van der Waals surface area contributed by atoms with E-state index in [2.05, 4.69) is 0 Å². The Balaban J connectivity index is 1.99. The lowest BCUT2D eigenvalue weighted by atomic mass is 10.2. The van der Waals surface area contributed by atoms with E-state index < -0.39 is 33.8 Å². The number of hydrogen-bond acceptors (Lipinski definition) is 4. The summed E-state index contributed by atoms with van der Waals surface area (Å²) in [4.78, 5) is 37.6. The smallest absolute Gasteiger partial charge is 0.417 e. The molecule has 1 heterocycles. The maximum absolute atomic E-state index is 12.8. The fraction of sp³-hybridized carbons (Fsp3) is 0.118. The van der Waals surface area contributed by atoms with Gasteiger partial charge in [0.2, 0.25) is 0 Å². The number of rotatable bonds is 3. The number of aromatic nitrogens is 3. The SMILES string of the molecule is Cn1c(=O)[nH]c(=O)n(-c2cccc(Oc3ccc(C(F)(F)F)c(Cl)c3)c2)c1=O. The lowest BCUT2D eigenvalue weighted by Gasteiger charge is -2.12.